The highest BCUT2D eigenvalue weighted by Crippen LogP contribution is 2.27. The maximum atomic E-state index is 13.8. The second-order valence-electron chi connectivity index (χ2n) is 9.45. The second-order valence-corrected chi connectivity index (χ2v) is 9.45. The van der Waals surface area contributed by atoms with Crippen LogP contribution >= 0.6 is 0 Å². The number of piperazine rings is 1. The normalized spacial score (nSPS) is 16.3. The Balaban J connectivity index is 1.70. The lowest BCUT2D eigenvalue weighted by Gasteiger charge is -2.40. The number of H-pyrrole nitrogens is 1. The summed E-state index contributed by atoms with van der Waals surface area (Å²) in [6, 6.07) is 17.7. The number of amides is 2. The van der Waals surface area contributed by atoms with E-state index >= 15 is 0 Å². The van der Waals surface area contributed by atoms with E-state index < -0.39 is 29.3 Å². The summed E-state index contributed by atoms with van der Waals surface area (Å²) >= 11 is 0. The molecular weight excluding hydrogens is 448 g/mol. The molecule has 9 heteroatoms. The summed E-state index contributed by atoms with van der Waals surface area (Å²) in [5.41, 5.74) is 0.813. The number of carbonyl (C=O) groups excluding carboxylic acids is 2. The number of imidazole rings is 1. The Kier molecular flexibility index (Phi) is 6.79. The number of nitrogens with one attached hydrogen (secondary N) is 1. The molecule has 0 bridgehead atoms. The molecule has 1 aromatic heterocycles. The summed E-state index contributed by atoms with van der Waals surface area (Å²) in [5.74, 6) is -0.418. The van der Waals surface area contributed by atoms with Gasteiger partial charge in [-0.1, -0.05) is 48.5 Å². The minimum absolute atomic E-state index is 0.126. The van der Waals surface area contributed by atoms with Gasteiger partial charge in [-0.2, -0.15) is 0 Å². The average molecular weight is 479 g/mol. The number of aromatic amines is 1. The molecule has 3 aromatic rings. The maximum Gasteiger partial charge on any atom is 0.410 e. The molecule has 0 aliphatic carbocycles. The van der Waals surface area contributed by atoms with Crippen molar-refractivity contribution in [2.75, 3.05) is 26.2 Å². The third kappa shape index (κ3) is 5.14. The Hall–Kier alpha value is -3.85. The van der Waals surface area contributed by atoms with Gasteiger partial charge in [0, 0.05) is 25.2 Å². The van der Waals surface area contributed by atoms with Crippen molar-refractivity contribution in [3.05, 3.63) is 76.8 Å². The van der Waals surface area contributed by atoms with Crippen molar-refractivity contribution in [3.8, 4) is 16.9 Å². The third-order valence-electron chi connectivity index (χ3n) is 5.78. The first-order valence-electron chi connectivity index (χ1n) is 11.5. The molecule has 1 aliphatic heterocycles. The SMILES string of the molecule is CC(C)(C)OC(=O)N1CCN(C(=O)c2[nH]c(=O)n(-c3ccccc3)c2-c2ccccc2)C(CO)C1. The molecule has 2 heterocycles. The van der Waals surface area contributed by atoms with E-state index in [2.05, 4.69) is 4.98 Å². The van der Waals surface area contributed by atoms with Gasteiger partial charge < -0.3 is 24.6 Å². The number of aromatic nitrogens is 2. The molecule has 0 spiro atoms. The first-order valence-corrected chi connectivity index (χ1v) is 11.5. The summed E-state index contributed by atoms with van der Waals surface area (Å²) < 4.78 is 6.93. The van der Waals surface area contributed by atoms with Crippen LogP contribution in [0.3, 0.4) is 0 Å². The van der Waals surface area contributed by atoms with Crippen LogP contribution in [0.1, 0.15) is 31.3 Å². The van der Waals surface area contributed by atoms with Crippen LogP contribution in [0.4, 0.5) is 4.79 Å². The monoisotopic (exact) mass is 478 g/mol. The van der Waals surface area contributed by atoms with Crippen LogP contribution in [0.5, 0.6) is 0 Å². The van der Waals surface area contributed by atoms with Gasteiger partial charge in [0.05, 0.1) is 24.0 Å². The van der Waals surface area contributed by atoms with Gasteiger partial charge >= 0.3 is 11.8 Å². The molecule has 4 rings (SSSR count). The number of hydrogen-bond acceptors (Lipinski definition) is 5. The van der Waals surface area contributed by atoms with Gasteiger partial charge in [0.1, 0.15) is 11.3 Å². The summed E-state index contributed by atoms with van der Waals surface area (Å²) in [6.07, 6.45) is -0.489. The van der Waals surface area contributed by atoms with Gasteiger partial charge in [-0.25, -0.2) is 9.59 Å². The van der Waals surface area contributed by atoms with E-state index in [0.717, 1.165) is 0 Å². The number of hydrogen-bond donors (Lipinski definition) is 2. The Morgan fingerprint density at radius 1 is 1.03 bits per heavy atom. The van der Waals surface area contributed by atoms with Crippen molar-refractivity contribution in [1.82, 2.24) is 19.4 Å². The number of nitrogens with zero attached hydrogens (tertiary/aromatic N) is 3. The summed E-state index contributed by atoms with van der Waals surface area (Å²) in [7, 11) is 0. The molecule has 35 heavy (non-hydrogen) atoms. The van der Waals surface area contributed by atoms with Crippen LogP contribution in [-0.4, -0.2) is 74.3 Å². The number of para-hydroxylation sites is 1. The van der Waals surface area contributed by atoms with Gasteiger partial charge in [0.25, 0.3) is 5.91 Å². The Morgan fingerprint density at radius 2 is 1.66 bits per heavy atom. The number of carbonyl (C=O) groups is 2. The second kappa shape index (κ2) is 9.79. The van der Waals surface area contributed by atoms with Crippen molar-refractivity contribution >= 4 is 12.0 Å². The quantitative estimate of drug-likeness (QED) is 0.600. The molecular formula is C26H30N4O5. The maximum absolute atomic E-state index is 13.8. The van der Waals surface area contributed by atoms with Crippen LogP contribution in [0, 0.1) is 0 Å². The van der Waals surface area contributed by atoms with Gasteiger partial charge in [0.2, 0.25) is 0 Å². The third-order valence-corrected chi connectivity index (χ3v) is 5.78. The number of rotatable bonds is 4. The van der Waals surface area contributed by atoms with Crippen molar-refractivity contribution < 1.29 is 19.4 Å². The lowest BCUT2D eigenvalue weighted by Crippen LogP contribution is -2.58. The Bertz CT molecular complexity index is 1240. The number of aliphatic hydroxyl groups is 1. The van der Waals surface area contributed by atoms with Crippen molar-refractivity contribution in [2.45, 2.75) is 32.4 Å². The largest absolute Gasteiger partial charge is 0.444 e. The zero-order chi connectivity index (χ0) is 25.2. The highest BCUT2D eigenvalue weighted by atomic mass is 16.6. The molecule has 184 valence electrons. The standard InChI is InChI=1S/C26H30N4O5/c1-26(2,3)35-25(34)28-14-15-29(20(16-28)17-31)23(32)21-22(18-10-6-4-7-11-18)30(24(33)27-21)19-12-8-5-9-13-19/h4-13,20,31H,14-17H2,1-3H3,(H,27,33). The summed E-state index contributed by atoms with van der Waals surface area (Å²) in [6.45, 7) is 5.58. The smallest absolute Gasteiger partial charge is 0.410 e. The van der Waals surface area contributed by atoms with Gasteiger partial charge in [-0.3, -0.25) is 9.36 Å². The van der Waals surface area contributed by atoms with E-state index in [1.807, 2.05) is 48.5 Å². The number of aliphatic hydroxyl groups excluding tert-OH is 1. The molecule has 0 radical (unpaired) electrons. The van der Waals surface area contributed by atoms with E-state index in [9.17, 15) is 19.5 Å². The molecule has 9 nitrogen and oxygen atoms in total. The van der Waals surface area contributed by atoms with Gasteiger partial charge in [-0.05, 0) is 32.9 Å². The van der Waals surface area contributed by atoms with Crippen molar-refractivity contribution in [3.63, 3.8) is 0 Å². The van der Waals surface area contributed by atoms with Crippen LogP contribution in [-0.2, 0) is 4.74 Å². The fraction of sp³-hybridized carbons (Fsp3) is 0.346. The zero-order valence-corrected chi connectivity index (χ0v) is 20.1. The summed E-state index contributed by atoms with van der Waals surface area (Å²) in [4.78, 5) is 45.1. The summed E-state index contributed by atoms with van der Waals surface area (Å²) in [5, 5.41) is 10.1. The van der Waals surface area contributed by atoms with Crippen LogP contribution in [0.25, 0.3) is 16.9 Å². The zero-order valence-electron chi connectivity index (χ0n) is 20.1. The van der Waals surface area contributed by atoms with Crippen LogP contribution in [0.15, 0.2) is 65.5 Å². The van der Waals surface area contributed by atoms with Crippen LogP contribution in [0.2, 0.25) is 0 Å². The molecule has 2 aromatic carbocycles. The topological polar surface area (TPSA) is 108 Å². The first-order chi connectivity index (χ1) is 16.7. The Morgan fingerprint density at radius 3 is 2.26 bits per heavy atom. The predicted octanol–water partition coefficient (Wildman–Crippen LogP) is 2.89. The van der Waals surface area contributed by atoms with E-state index in [1.165, 1.54) is 14.4 Å². The molecule has 1 atom stereocenters. The molecule has 1 aliphatic rings. The lowest BCUT2D eigenvalue weighted by molar-refractivity contribution is -0.00254. The van der Waals surface area contributed by atoms with Gasteiger partial charge in [0.15, 0.2) is 0 Å². The highest BCUT2D eigenvalue weighted by Gasteiger charge is 2.36. The highest BCUT2D eigenvalue weighted by molar-refractivity contribution is 5.99. The predicted molar refractivity (Wildman–Crippen MR) is 132 cm³/mol. The van der Waals surface area contributed by atoms with E-state index in [-0.39, 0.29) is 31.9 Å². The van der Waals surface area contributed by atoms with E-state index in [0.29, 0.717) is 16.9 Å². The number of benzene rings is 2. The molecule has 1 unspecified atom stereocenters. The minimum Gasteiger partial charge on any atom is -0.444 e. The number of ether oxygens (including phenoxy) is 1. The molecule has 0 saturated carbocycles. The van der Waals surface area contributed by atoms with Gasteiger partial charge in [-0.15, -0.1) is 0 Å². The van der Waals surface area contributed by atoms with E-state index in [1.54, 1.807) is 32.9 Å². The Labute approximate surface area is 203 Å². The van der Waals surface area contributed by atoms with Crippen molar-refractivity contribution in [1.29, 1.82) is 0 Å². The fourth-order valence-electron chi connectivity index (χ4n) is 4.20. The molecule has 2 N–H and O–H groups in total. The van der Waals surface area contributed by atoms with Crippen LogP contribution < -0.4 is 5.69 Å². The first kappa shape index (κ1) is 24.3. The molecule has 2 amide bonds. The average Bonchev–Trinajstić information content (AvgIpc) is 3.20. The van der Waals surface area contributed by atoms with Crippen molar-refractivity contribution in [2.24, 2.45) is 0 Å². The lowest BCUT2D eigenvalue weighted by atomic mass is 10.1. The molecule has 1 fully saturated rings. The minimum atomic E-state index is -0.650. The fourth-order valence-corrected chi connectivity index (χ4v) is 4.20. The molecule has 1 saturated heterocycles. The van der Waals surface area contributed by atoms with E-state index in [4.69, 9.17) is 4.74 Å².